The van der Waals surface area contributed by atoms with Crippen molar-refractivity contribution < 1.29 is 27.1 Å². The predicted octanol–water partition coefficient (Wildman–Crippen LogP) is 4.27. The molecule has 0 bridgehead atoms. The van der Waals surface area contributed by atoms with Gasteiger partial charge in [-0.3, -0.25) is 9.52 Å². The summed E-state index contributed by atoms with van der Waals surface area (Å²) >= 11 is 0. The Bertz CT molecular complexity index is 1230. The Hall–Kier alpha value is -3.59. The lowest BCUT2D eigenvalue weighted by atomic mass is 10.1. The van der Waals surface area contributed by atoms with Gasteiger partial charge in [0.05, 0.1) is 17.7 Å². The highest BCUT2D eigenvalue weighted by atomic mass is 32.2. The number of amides is 1. The van der Waals surface area contributed by atoms with Crippen LogP contribution >= 0.6 is 0 Å². The maximum absolute atomic E-state index is 13.1. The van der Waals surface area contributed by atoms with Gasteiger partial charge < -0.3 is 14.8 Å². The molecule has 0 aromatic heterocycles. The van der Waals surface area contributed by atoms with Gasteiger partial charge in [-0.2, -0.15) is 0 Å². The smallest absolute Gasteiger partial charge is 0.262 e. The zero-order chi connectivity index (χ0) is 23.3. The lowest BCUT2D eigenvalue weighted by Crippen LogP contribution is -2.20. The molecule has 0 radical (unpaired) electrons. The molecular formula is C23H23FN2O5S. The first-order valence-electron chi connectivity index (χ1n) is 9.64. The van der Waals surface area contributed by atoms with Crippen molar-refractivity contribution >= 4 is 27.3 Å². The first-order chi connectivity index (χ1) is 15.2. The highest BCUT2D eigenvalue weighted by molar-refractivity contribution is 7.92. The minimum atomic E-state index is -4.00. The summed E-state index contributed by atoms with van der Waals surface area (Å²) in [6.45, 7) is 3.60. The molecule has 0 fully saturated rings. The molecule has 0 aliphatic heterocycles. The van der Waals surface area contributed by atoms with Crippen LogP contribution in [0.3, 0.4) is 0 Å². The molecular weight excluding hydrogens is 435 g/mol. The summed E-state index contributed by atoms with van der Waals surface area (Å²) in [6.07, 6.45) is 0. The van der Waals surface area contributed by atoms with Gasteiger partial charge in [-0.25, -0.2) is 12.8 Å². The number of rotatable bonds is 8. The van der Waals surface area contributed by atoms with Crippen molar-refractivity contribution in [3.8, 4) is 11.5 Å². The molecule has 3 rings (SSSR count). The fraction of sp³-hybridized carbons (Fsp3) is 0.174. The molecule has 0 saturated carbocycles. The van der Waals surface area contributed by atoms with Crippen LogP contribution in [-0.4, -0.2) is 28.0 Å². The van der Waals surface area contributed by atoms with Crippen LogP contribution in [0.4, 0.5) is 15.8 Å². The van der Waals surface area contributed by atoms with E-state index in [2.05, 4.69) is 10.0 Å². The van der Waals surface area contributed by atoms with Crippen LogP contribution in [0.1, 0.15) is 11.1 Å². The number of sulfonamides is 1. The van der Waals surface area contributed by atoms with Gasteiger partial charge in [-0.15, -0.1) is 0 Å². The summed E-state index contributed by atoms with van der Waals surface area (Å²) < 4.78 is 51.6. The van der Waals surface area contributed by atoms with Gasteiger partial charge in [0.1, 0.15) is 17.3 Å². The number of benzene rings is 3. The average molecular weight is 459 g/mol. The minimum Gasteiger partial charge on any atom is -0.495 e. The van der Waals surface area contributed by atoms with Crippen LogP contribution in [0.2, 0.25) is 0 Å². The molecule has 3 aromatic carbocycles. The van der Waals surface area contributed by atoms with Crippen molar-refractivity contribution in [2.45, 2.75) is 18.7 Å². The van der Waals surface area contributed by atoms with E-state index in [0.717, 1.165) is 35.4 Å². The summed E-state index contributed by atoms with van der Waals surface area (Å²) in [6, 6.07) is 14.6. The highest BCUT2D eigenvalue weighted by Gasteiger charge is 2.17. The number of anilines is 2. The first kappa shape index (κ1) is 23.1. The van der Waals surface area contributed by atoms with Gasteiger partial charge >= 0.3 is 0 Å². The Balaban J connectivity index is 1.73. The van der Waals surface area contributed by atoms with Crippen molar-refractivity contribution in [3.63, 3.8) is 0 Å². The number of carbonyl (C=O) groups excluding carboxylic acids is 1. The number of methoxy groups -OCH3 is 1. The van der Waals surface area contributed by atoms with E-state index >= 15 is 0 Å². The quantitative estimate of drug-likeness (QED) is 0.526. The largest absolute Gasteiger partial charge is 0.495 e. The zero-order valence-electron chi connectivity index (χ0n) is 17.8. The zero-order valence-corrected chi connectivity index (χ0v) is 18.6. The third-order valence-corrected chi connectivity index (χ3v) is 5.94. The maximum Gasteiger partial charge on any atom is 0.262 e. The van der Waals surface area contributed by atoms with Gasteiger partial charge in [-0.05, 0) is 73.5 Å². The SMILES string of the molecule is COc1ccc(NC(=O)COc2cc(C)ccc2C)cc1NS(=O)(=O)c1ccc(F)cc1. The van der Waals surface area contributed by atoms with Crippen LogP contribution in [0.15, 0.2) is 65.6 Å². The van der Waals surface area contributed by atoms with Crippen LogP contribution in [0.5, 0.6) is 11.5 Å². The summed E-state index contributed by atoms with van der Waals surface area (Å²) in [5.74, 6) is -0.0966. The molecule has 0 spiro atoms. The second kappa shape index (κ2) is 9.69. The van der Waals surface area contributed by atoms with Crippen molar-refractivity contribution in [2.24, 2.45) is 0 Å². The van der Waals surface area contributed by atoms with Gasteiger partial charge in [0.25, 0.3) is 15.9 Å². The molecule has 0 atom stereocenters. The molecule has 0 aliphatic rings. The molecule has 0 saturated heterocycles. The van der Waals surface area contributed by atoms with Crippen molar-refractivity contribution in [1.29, 1.82) is 0 Å². The van der Waals surface area contributed by atoms with Crippen molar-refractivity contribution in [1.82, 2.24) is 0 Å². The number of hydrogen-bond acceptors (Lipinski definition) is 5. The maximum atomic E-state index is 13.1. The fourth-order valence-electron chi connectivity index (χ4n) is 2.89. The van der Waals surface area contributed by atoms with Crippen LogP contribution < -0.4 is 19.5 Å². The highest BCUT2D eigenvalue weighted by Crippen LogP contribution is 2.30. The van der Waals surface area contributed by atoms with E-state index in [0.29, 0.717) is 11.4 Å². The minimum absolute atomic E-state index is 0.114. The fourth-order valence-corrected chi connectivity index (χ4v) is 3.95. The summed E-state index contributed by atoms with van der Waals surface area (Å²) in [7, 11) is -2.61. The van der Waals surface area contributed by atoms with Crippen molar-refractivity contribution in [2.75, 3.05) is 23.8 Å². The molecule has 3 aromatic rings. The molecule has 32 heavy (non-hydrogen) atoms. The van der Waals surface area contributed by atoms with E-state index in [9.17, 15) is 17.6 Å². The second-order valence-electron chi connectivity index (χ2n) is 7.08. The van der Waals surface area contributed by atoms with Gasteiger partial charge in [0.2, 0.25) is 0 Å². The number of halogens is 1. The normalized spacial score (nSPS) is 11.0. The predicted molar refractivity (Wildman–Crippen MR) is 120 cm³/mol. The van der Waals surface area contributed by atoms with Gasteiger partial charge in [-0.1, -0.05) is 12.1 Å². The van der Waals surface area contributed by atoms with Gasteiger partial charge in [0.15, 0.2) is 6.61 Å². The van der Waals surface area contributed by atoms with Crippen LogP contribution in [0.25, 0.3) is 0 Å². The monoisotopic (exact) mass is 458 g/mol. The summed E-state index contributed by atoms with van der Waals surface area (Å²) in [5.41, 5.74) is 2.38. The molecule has 9 heteroatoms. The second-order valence-corrected chi connectivity index (χ2v) is 8.76. The molecule has 7 nitrogen and oxygen atoms in total. The average Bonchev–Trinajstić information content (AvgIpc) is 2.74. The number of hydrogen-bond donors (Lipinski definition) is 2. The van der Waals surface area contributed by atoms with Crippen LogP contribution in [0, 0.1) is 19.7 Å². The Morgan fingerprint density at radius 2 is 1.69 bits per heavy atom. The van der Waals surface area contributed by atoms with E-state index in [1.165, 1.54) is 19.2 Å². The van der Waals surface area contributed by atoms with E-state index in [1.807, 2.05) is 32.0 Å². The third-order valence-electron chi connectivity index (χ3n) is 4.55. The summed E-state index contributed by atoms with van der Waals surface area (Å²) in [5, 5.41) is 2.67. The molecule has 0 unspecified atom stereocenters. The van der Waals surface area contributed by atoms with Crippen molar-refractivity contribution in [3.05, 3.63) is 77.6 Å². The lowest BCUT2D eigenvalue weighted by Gasteiger charge is -2.14. The first-order valence-corrected chi connectivity index (χ1v) is 11.1. The van der Waals surface area contributed by atoms with Crippen LogP contribution in [-0.2, 0) is 14.8 Å². The van der Waals surface area contributed by atoms with E-state index in [4.69, 9.17) is 9.47 Å². The third kappa shape index (κ3) is 5.76. The number of carbonyl (C=O) groups is 1. The summed E-state index contributed by atoms with van der Waals surface area (Å²) in [4.78, 5) is 12.2. The standard InChI is InChI=1S/C23H23FN2O5S/c1-15-4-5-16(2)22(12-15)31-14-23(27)25-18-8-11-21(30-3)20(13-18)26-32(28,29)19-9-6-17(24)7-10-19/h4-13,26H,14H2,1-3H3,(H,25,27). The molecule has 168 valence electrons. The Kier molecular flexibility index (Phi) is 6.99. The Morgan fingerprint density at radius 3 is 2.38 bits per heavy atom. The van der Waals surface area contributed by atoms with Gasteiger partial charge in [0, 0.05) is 5.69 Å². The number of ether oxygens (including phenoxy) is 2. The topological polar surface area (TPSA) is 93.7 Å². The number of nitrogens with one attached hydrogen (secondary N) is 2. The van der Waals surface area contributed by atoms with E-state index in [-0.39, 0.29) is 22.9 Å². The Labute approximate surface area is 186 Å². The van der Waals surface area contributed by atoms with E-state index in [1.54, 1.807) is 6.07 Å². The number of aryl methyl sites for hydroxylation is 2. The molecule has 1 amide bonds. The molecule has 2 N–H and O–H groups in total. The lowest BCUT2D eigenvalue weighted by molar-refractivity contribution is -0.118. The molecule has 0 aliphatic carbocycles. The van der Waals surface area contributed by atoms with E-state index < -0.39 is 21.7 Å². The Morgan fingerprint density at radius 1 is 0.969 bits per heavy atom. The molecule has 0 heterocycles.